The SMILES string of the molecule is CC1CCCCC1(O)C(=O)c1ccccc1. The summed E-state index contributed by atoms with van der Waals surface area (Å²) in [7, 11) is 0. The van der Waals surface area contributed by atoms with Crippen molar-refractivity contribution >= 4 is 5.78 Å². The number of hydrogen-bond donors (Lipinski definition) is 1. The van der Waals surface area contributed by atoms with Crippen LogP contribution in [0.1, 0.15) is 43.0 Å². The molecule has 0 bridgehead atoms. The molecule has 0 saturated heterocycles. The van der Waals surface area contributed by atoms with Gasteiger partial charge in [0, 0.05) is 5.56 Å². The van der Waals surface area contributed by atoms with Gasteiger partial charge in [-0.2, -0.15) is 0 Å². The Bertz CT molecular complexity index is 372. The van der Waals surface area contributed by atoms with E-state index in [0.29, 0.717) is 12.0 Å². The molecule has 1 aliphatic carbocycles. The topological polar surface area (TPSA) is 37.3 Å². The number of rotatable bonds is 2. The molecule has 2 atom stereocenters. The molecule has 1 aromatic rings. The van der Waals surface area contributed by atoms with Crippen molar-refractivity contribution in [2.24, 2.45) is 5.92 Å². The first-order valence-electron chi connectivity index (χ1n) is 5.97. The summed E-state index contributed by atoms with van der Waals surface area (Å²) >= 11 is 0. The van der Waals surface area contributed by atoms with Crippen LogP contribution in [0.15, 0.2) is 30.3 Å². The maximum absolute atomic E-state index is 12.3. The zero-order chi connectivity index (χ0) is 11.6. The van der Waals surface area contributed by atoms with Crippen molar-refractivity contribution in [2.75, 3.05) is 0 Å². The molecule has 0 amide bonds. The van der Waals surface area contributed by atoms with Crippen LogP contribution in [0.5, 0.6) is 0 Å². The van der Waals surface area contributed by atoms with E-state index in [1.54, 1.807) is 12.1 Å². The first-order chi connectivity index (χ1) is 7.64. The van der Waals surface area contributed by atoms with Gasteiger partial charge < -0.3 is 5.11 Å². The molecular formula is C14H18O2. The third kappa shape index (κ3) is 1.90. The van der Waals surface area contributed by atoms with Crippen molar-refractivity contribution in [3.8, 4) is 0 Å². The van der Waals surface area contributed by atoms with Crippen LogP contribution in [-0.4, -0.2) is 16.5 Å². The lowest BCUT2D eigenvalue weighted by Crippen LogP contribution is -2.46. The minimum absolute atomic E-state index is 0.0638. The standard InChI is InChI=1S/C14H18O2/c1-11-7-5-6-10-14(11,16)13(15)12-8-3-2-4-9-12/h2-4,8-9,11,16H,5-7,10H2,1H3. The molecule has 1 aliphatic rings. The van der Waals surface area contributed by atoms with E-state index in [4.69, 9.17) is 0 Å². The van der Waals surface area contributed by atoms with Crippen molar-refractivity contribution < 1.29 is 9.90 Å². The molecule has 1 N–H and O–H groups in total. The van der Waals surface area contributed by atoms with Crippen LogP contribution in [0, 0.1) is 5.92 Å². The predicted octanol–water partition coefficient (Wildman–Crippen LogP) is 2.81. The molecule has 1 saturated carbocycles. The highest BCUT2D eigenvalue weighted by molar-refractivity contribution is 6.02. The van der Waals surface area contributed by atoms with Crippen molar-refractivity contribution in [2.45, 2.75) is 38.2 Å². The summed E-state index contributed by atoms with van der Waals surface area (Å²) in [6.45, 7) is 1.97. The van der Waals surface area contributed by atoms with Crippen LogP contribution in [0.3, 0.4) is 0 Å². The Hall–Kier alpha value is -1.15. The van der Waals surface area contributed by atoms with Gasteiger partial charge in [-0.15, -0.1) is 0 Å². The predicted molar refractivity (Wildman–Crippen MR) is 63.4 cm³/mol. The van der Waals surface area contributed by atoms with Gasteiger partial charge in [0.05, 0.1) is 0 Å². The van der Waals surface area contributed by atoms with E-state index in [-0.39, 0.29) is 11.7 Å². The van der Waals surface area contributed by atoms with Gasteiger partial charge in [0.1, 0.15) is 5.60 Å². The zero-order valence-corrected chi connectivity index (χ0v) is 9.65. The highest BCUT2D eigenvalue weighted by atomic mass is 16.3. The van der Waals surface area contributed by atoms with Gasteiger partial charge in [0.15, 0.2) is 5.78 Å². The summed E-state index contributed by atoms with van der Waals surface area (Å²) in [5.41, 5.74) is -0.515. The summed E-state index contributed by atoms with van der Waals surface area (Å²) in [4.78, 5) is 12.3. The Balaban J connectivity index is 2.26. The summed E-state index contributed by atoms with van der Waals surface area (Å²) in [6.07, 6.45) is 3.60. The molecule has 1 fully saturated rings. The van der Waals surface area contributed by atoms with Gasteiger partial charge in [-0.3, -0.25) is 4.79 Å². The minimum atomic E-state index is -1.14. The molecule has 2 heteroatoms. The molecule has 1 aromatic carbocycles. The first-order valence-corrected chi connectivity index (χ1v) is 5.97. The molecule has 2 nitrogen and oxygen atoms in total. The van der Waals surface area contributed by atoms with E-state index in [1.165, 1.54) is 0 Å². The molecule has 0 radical (unpaired) electrons. The van der Waals surface area contributed by atoms with E-state index < -0.39 is 5.60 Å². The molecule has 2 unspecified atom stereocenters. The maximum atomic E-state index is 12.3. The lowest BCUT2D eigenvalue weighted by atomic mass is 9.72. The van der Waals surface area contributed by atoms with E-state index in [2.05, 4.69) is 0 Å². The number of Topliss-reactive ketones (excluding diaryl/α,β-unsaturated/α-hetero) is 1. The zero-order valence-electron chi connectivity index (χ0n) is 9.65. The Kier molecular flexibility index (Phi) is 3.10. The summed E-state index contributed by atoms with van der Waals surface area (Å²) < 4.78 is 0. The Morgan fingerprint density at radius 3 is 2.62 bits per heavy atom. The highest BCUT2D eigenvalue weighted by Crippen LogP contribution is 2.35. The average Bonchev–Trinajstić information content (AvgIpc) is 2.33. The fourth-order valence-corrected chi connectivity index (χ4v) is 2.51. The second kappa shape index (κ2) is 4.38. The monoisotopic (exact) mass is 218 g/mol. The third-order valence-electron chi connectivity index (χ3n) is 3.69. The Morgan fingerprint density at radius 1 is 1.31 bits per heavy atom. The number of aliphatic hydroxyl groups is 1. The number of carbonyl (C=O) groups excluding carboxylic acids is 1. The number of ketones is 1. The average molecular weight is 218 g/mol. The molecule has 2 rings (SSSR count). The quantitative estimate of drug-likeness (QED) is 0.775. The van der Waals surface area contributed by atoms with Crippen LogP contribution >= 0.6 is 0 Å². The van der Waals surface area contributed by atoms with Crippen LogP contribution in [0.4, 0.5) is 0 Å². The maximum Gasteiger partial charge on any atom is 0.194 e. The van der Waals surface area contributed by atoms with E-state index in [1.807, 2.05) is 25.1 Å². The van der Waals surface area contributed by atoms with Gasteiger partial charge >= 0.3 is 0 Å². The second-order valence-corrected chi connectivity index (χ2v) is 4.77. The molecule has 0 spiro atoms. The van der Waals surface area contributed by atoms with Crippen LogP contribution in [0.25, 0.3) is 0 Å². The van der Waals surface area contributed by atoms with Crippen molar-refractivity contribution in [3.63, 3.8) is 0 Å². The van der Waals surface area contributed by atoms with Crippen LogP contribution < -0.4 is 0 Å². The fourth-order valence-electron chi connectivity index (χ4n) is 2.51. The first kappa shape index (κ1) is 11.3. The second-order valence-electron chi connectivity index (χ2n) is 4.77. The summed E-state index contributed by atoms with van der Waals surface area (Å²) in [5.74, 6) is -0.0470. The molecule has 16 heavy (non-hydrogen) atoms. The van der Waals surface area contributed by atoms with Gasteiger partial charge in [-0.25, -0.2) is 0 Å². The molecular weight excluding hydrogens is 200 g/mol. The Morgan fingerprint density at radius 2 is 2.00 bits per heavy atom. The largest absolute Gasteiger partial charge is 0.381 e. The minimum Gasteiger partial charge on any atom is -0.381 e. The van der Waals surface area contributed by atoms with Gasteiger partial charge in [-0.05, 0) is 18.8 Å². The van der Waals surface area contributed by atoms with Crippen molar-refractivity contribution in [3.05, 3.63) is 35.9 Å². The van der Waals surface area contributed by atoms with E-state index >= 15 is 0 Å². The van der Waals surface area contributed by atoms with Gasteiger partial charge in [-0.1, -0.05) is 50.1 Å². The lowest BCUT2D eigenvalue weighted by molar-refractivity contribution is -0.0198. The molecule has 0 heterocycles. The van der Waals surface area contributed by atoms with Gasteiger partial charge in [0.25, 0.3) is 0 Å². The van der Waals surface area contributed by atoms with Crippen molar-refractivity contribution in [1.29, 1.82) is 0 Å². The summed E-state index contributed by atoms with van der Waals surface area (Å²) in [6, 6.07) is 9.11. The third-order valence-corrected chi connectivity index (χ3v) is 3.69. The normalized spacial score (nSPS) is 30.0. The van der Waals surface area contributed by atoms with Crippen LogP contribution in [0.2, 0.25) is 0 Å². The van der Waals surface area contributed by atoms with Gasteiger partial charge in [0.2, 0.25) is 0 Å². The van der Waals surface area contributed by atoms with Crippen LogP contribution in [-0.2, 0) is 0 Å². The molecule has 86 valence electrons. The number of hydrogen-bond acceptors (Lipinski definition) is 2. The smallest absolute Gasteiger partial charge is 0.194 e. The summed E-state index contributed by atoms with van der Waals surface area (Å²) in [5, 5.41) is 10.5. The molecule has 0 aromatic heterocycles. The van der Waals surface area contributed by atoms with E-state index in [0.717, 1.165) is 19.3 Å². The van der Waals surface area contributed by atoms with Crippen molar-refractivity contribution in [1.82, 2.24) is 0 Å². The molecule has 0 aliphatic heterocycles. The lowest BCUT2D eigenvalue weighted by Gasteiger charge is -2.36. The fraction of sp³-hybridized carbons (Fsp3) is 0.500. The highest BCUT2D eigenvalue weighted by Gasteiger charge is 2.42. The number of carbonyl (C=O) groups is 1. The van der Waals surface area contributed by atoms with E-state index in [9.17, 15) is 9.90 Å². The Labute approximate surface area is 96.3 Å². The number of benzene rings is 1.